The van der Waals surface area contributed by atoms with Gasteiger partial charge in [0.2, 0.25) is 0 Å². The van der Waals surface area contributed by atoms with Crippen molar-refractivity contribution in [2.75, 3.05) is 26.7 Å². The Hall–Kier alpha value is -3.19. The quantitative estimate of drug-likeness (QED) is 0.469. The zero-order chi connectivity index (χ0) is 20.6. The van der Waals surface area contributed by atoms with Crippen molar-refractivity contribution < 1.29 is 0 Å². The second-order valence-corrected chi connectivity index (χ2v) is 7.47. The van der Waals surface area contributed by atoms with Crippen LogP contribution in [-0.4, -0.2) is 52.1 Å². The largest absolute Gasteiger partial charge is 0.354 e. The van der Waals surface area contributed by atoms with Gasteiger partial charge in [-0.15, -0.1) is 0 Å². The summed E-state index contributed by atoms with van der Waals surface area (Å²) in [5.74, 6) is 1.66. The van der Waals surface area contributed by atoms with Gasteiger partial charge in [-0.3, -0.25) is 14.5 Å². The van der Waals surface area contributed by atoms with Crippen molar-refractivity contribution in [3.63, 3.8) is 0 Å². The summed E-state index contributed by atoms with van der Waals surface area (Å²) in [6.07, 6.45) is 9.81. The number of rotatable bonds is 7. The number of pyridine rings is 1. The van der Waals surface area contributed by atoms with Crippen molar-refractivity contribution in [2.24, 2.45) is 4.99 Å². The molecule has 1 aliphatic rings. The number of nitrogens with one attached hydrogen (secondary N) is 2. The van der Waals surface area contributed by atoms with E-state index in [2.05, 4.69) is 66.9 Å². The predicted molar refractivity (Wildman–Crippen MR) is 120 cm³/mol. The van der Waals surface area contributed by atoms with Crippen LogP contribution in [0.3, 0.4) is 0 Å². The molecule has 2 N–H and O–H groups in total. The normalized spacial score (nSPS) is 15.8. The van der Waals surface area contributed by atoms with E-state index >= 15 is 0 Å². The zero-order valence-electron chi connectivity index (χ0n) is 17.4. The second-order valence-electron chi connectivity index (χ2n) is 7.47. The van der Waals surface area contributed by atoms with E-state index in [9.17, 15) is 0 Å². The summed E-state index contributed by atoms with van der Waals surface area (Å²) in [7, 11) is 1.81. The maximum atomic E-state index is 4.51. The van der Waals surface area contributed by atoms with Crippen LogP contribution in [0.25, 0.3) is 5.82 Å². The third-order valence-corrected chi connectivity index (χ3v) is 5.49. The number of guanidine groups is 1. The maximum Gasteiger partial charge on any atom is 0.191 e. The molecule has 4 rings (SSSR count). The van der Waals surface area contributed by atoms with E-state index in [0.717, 1.165) is 37.0 Å². The lowest BCUT2D eigenvalue weighted by atomic mass is 10.1. The topological polar surface area (TPSA) is 70.4 Å². The van der Waals surface area contributed by atoms with Gasteiger partial charge in [0, 0.05) is 38.7 Å². The molecule has 1 saturated heterocycles. The van der Waals surface area contributed by atoms with Gasteiger partial charge in [-0.05, 0) is 43.1 Å². The minimum Gasteiger partial charge on any atom is -0.354 e. The smallest absolute Gasteiger partial charge is 0.191 e. The van der Waals surface area contributed by atoms with E-state index in [1.165, 1.54) is 18.4 Å². The maximum absolute atomic E-state index is 4.51. The summed E-state index contributed by atoms with van der Waals surface area (Å²) in [4.78, 5) is 15.5. The van der Waals surface area contributed by atoms with Crippen molar-refractivity contribution in [1.29, 1.82) is 0 Å². The molecule has 1 unspecified atom stereocenters. The number of imidazole rings is 1. The first kappa shape index (κ1) is 20.1. The Morgan fingerprint density at radius 1 is 1.10 bits per heavy atom. The molecule has 0 spiro atoms. The van der Waals surface area contributed by atoms with Crippen LogP contribution in [0.1, 0.15) is 30.0 Å². The highest BCUT2D eigenvalue weighted by Crippen LogP contribution is 2.24. The van der Waals surface area contributed by atoms with E-state index in [0.29, 0.717) is 12.6 Å². The number of aliphatic imine (C=N–C) groups is 1. The van der Waals surface area contributed by atoms with E-state index in [1.54, 1.807) is 12.5 Å². The molecule has 0 radical (unpaired) electrons. The Balaban J connectivity index is 1.33. The molecule has 0 saturated carbocycles. The Labute approximate surface area is 177 Å². The van der Waals surface area contributed by atoms with Crippen LogP contribution in [0.5, 0.6) is 0 Å². The van der Waals surface area contributed by atoms with E-state index in [-0.39, 0.29) is 0 Å². The predicted octanol–water partition coefficient (Wildman–Crippen LogP) is 2.77. The van der Waals surface area contributed by atoms with Gasteiger partial charge in [-0.25, -0.2) is 9.97 Å². The fourth-order valence-electron chi connectivity index (χ4n) is 3.85. The van der Waals surface area contributed by atoms with Gasteiger partial charge in [0.15, 0.2) is 5.96 Å². The molecular formula is C23H29N7. The average Bonchev–Trinajstić information content (AvgIpc) is 3.52. The molecule has 3 aromatic rings. The van der Waals surface area contributed by atoms with Crippen molar-refractivity contribution in [3.05, 3.63) is 78.5 Å². The highest BCUT2D eigenvalue weighted by Gasteiger charge is 2.23. The third-order valence-electron chi connectivity index (χ3n) is 5.49. The molecule has 0 aliphatic carbocycles. The molecule has 0 amide bonds. The number of aromatic nitrogens is 3. The first-order valence-corrected chi connectivity index (χ1v) is 10.5. The van der Waals surface area contributed by atoms with Gasteiger partial charge in [-0.2, -0.15) is 0 Å². The summed E-state index contributed by atoms with van der Waals surface area (Å²) in [6, 6.07) is 15.2. The van der Waals surface area contributed by atoms with Gasteiger partial charge in [-0.1, -0.05) is 36.4 Å². The van der Waals surface area contributed by atoms with Crippen molar-refractivity contribution in [1.82, 2.24) is 30.1 Å². The van der Waals surface area contributed by atoms with Crippen LogP contribution in [0.4, 0.5) is 0 Å². The van der Waals surface area contributed by atoms with Gasteiger partial charge >= 0.3 is 0 Å². The molecule has 1 fully saturated rings. The summed E-state index contributed by atoms with van der Waals surface area (Å²) in [5, 5.41) is 6.91. The second kappa shape index (κ2) is 10.0. The number of likely N-dealkylation sites (tertiary alicyclic amines) is 1. The van der Waals surface area contributed by atoms with Crippen molar-refractivity contribution in [2.45, 2.75) is 25.4 Å². The molecule has 7 nitrogen and oxygen atoms in total. The number of nitrogens with zero attached hydrogens (tertiary/aromatic N) is 5. The lowest BCUT2D eigenvalue weighted by Gasteiger charge is -2.29. The van der Waals surface area contributed by atoms with E-state index in [4.69, 9.17) is 0 Å². The lowest BCUT2D eigenvalue weighted by molar-refractivity contribution is 0.245. The third kappa shape index (κ3) is 5.04. The molecule has 7 heteroatoms. The zero-order valence-corrected chi connectivity index (χ0v) is 17.4. The van der Waals surface area contributed by atoms with E-state index < -0.39 is 0 Å². The van der Waals surface area contributed by atoms with Gasteiger partial charge < -0.3 is 10.6 Å². The molecule has 1 atom stereocenters. The first-order valence-electron chi connectivity index (χ1n) is 10.5. The van der Waals surface area contributed by atoms with Crippen LogP contribution in [0.2, 0.25) is 0 Å². The van der Waals surface area contributed by atoms with Crippen LogP contribution in [-0.2, 0) is 6.54 Å². The summed E-state index contributed by atoms with van der Waals surface area (Å²) < 4.78 is 1.89. The van der Waals surface area contributed by atoms with Crippen molar-refractivity contribution >= 4 is 5.96 Å². The molecular weight excluding hydrogens is 374 g/mol. The standard InChI is InChI=1S/C23H29N7/c1-24-23(27-16-19-9-10-22(26-15-19)30-14-11-25-18-30)28-17-21(29-12-5-6-13-29)20-7-3-2-4-8-20/h2-4,7-11,14-15,18,21H,5-6,12-13,16-17H2,1H3,(H2,24,27,28). The molecule has 1 aromatic carbocycles. The van der Waals surface area contributed by atoms with Crippen LogP contribution >= 0.6 is 0 Å². The molecule has 156 valence electrons. The number of hydrogen-bond acceptors (Lipinski definition) is 4. The Morgan fingerprint density at radius 3 is 2.60 bits per heavy atom. The summed E-state index contributed by atoms with van der Waals surface area (Å²) in [5.41, 5.74) is 2.45. The lowest BCUT2D eigenvalue weighted by Crippen LogP contribution is -2.42. The van der Waals surface area contributed by atoms with Gasteiger partial charge in [0.05, 0.1) is 6.04 Å². The van der Waals surface area contributed by atoms with Crippen molar-refractivity contribution in [3.8, 4) is 5.82 Å². The molecule has 0 bridgehead atoms. The molecule has 1 aliphatic heterocycles. The van der Waals surface area contributed by atoms with E-state index in [1.807, 2.05) is 30.1 Å². The minimum atomic E-state index is 0.350. The monoisotopic (exact) mass is 403 g/mol. The van der Waals surface area contributed by atoms with Gasteiger partial charge in [0.1, 0.15) is 12.1 Å². The number of benzene rings is 1. The Bertz CT molecular complexity index is 914. The van der Waals surface area contributed by atoms with Gasteiger partial charge in [0.25, 0.3) is 0 Å². The summed E-state index contributed by atoms with van der Waals surface area (Å²) in [6.45, 7) is 3.79. The SMILES string of the molecule is CN=C(NCc1ccc(-n2ccnc2)nc1)NCC(c1ccccc1)N1CCCC1. The fourth-order valence-corrected chi connectivity index (χ4v) is 3.85. The van der Waals surface area contributed by atoms with Crippen LogP contribution < -0.4 is 10.6 Å². The number of hydrogen-bond donors (Lipinski definition) is 2. The minimum absolute atomic E-state index is 0.350. The Kier molecular flexibility index (Phi) is 6.72. The molecule has 3 heterocycles. The van der Waals surface area contributed by atoms with Crippen LogP contribution in [0, 0.1) is 0 Å². The highest BCUT2D eigenvalue weighted by molar-refractivity contribution is 5.79. The fraction of sp³-hybridized carbons (Fsp3) is 0.348. The Morgan fingerprint density at radius 2 is 1.93 bits per heavy atom. The average molecular weight is 404 g/mol. The molecule has 2 aromatic heterocycles. The van der Waals surface area contributed by atoms with Crippen LogP contribution in [0.15, 0.2) is 72.4 Å². The first-order chi connectivity index (χ1) is 14.8. The summed E-state index contributed by atoms with van der Waals surface area (Å²) >= 11 is 0. The highest BCUT2D eigenvalue weighted by atomic mass is 15.2. The molecule has 30 heavy (non-hydrogen) atoms.